The third-order valence-electron chi connectivity index (χ3n) is 3.45. The van der Waals surface area contributed by atoms with Crippen molar-refractivity contribution in [1.29, 1.82) is 0 Å². The van der Waals surface area contributed by atoms with Gasteiger partial charge in [-0.15, -0.1) is 0 Å². The van der Waals surface area contributed by atoms with Crippen LogP contribution in [0.2, 0.25) is 0 Å². The smallest absolute Gasteiger partial charge is 0.221 e. The molecular weight excluding hydrogens is 247 g/mol. The maximum absolute atomic E-state index is 13.5. The zero-order valence-corrected chi connectivity index (χ0v) is 10.6. The minimum Gasteiger partial charge on any atom is -0.369 e. The molecule has 1 amide bonds. The molecule has 0 radical (unpaired) electrons. The van der Waals surface area contributed by atoms with E-state index in [4.69, 9.17) is 5.73 Å². The van der Waals surface area contributed by atoms with E-state index < -0.39 is 5.82 Å². The second kappa shape index (κ2) is 5.93. The van der Waals surface area contributed by atoms with E-state index in [9.17, 15) is 14.0 Å². The number of benzene rings is 1. The Morgan fingerprint density at radius 3 is 2.79 bits per heavy atom. The van der Waals surface area contributed by atoms with Crippen molar-refractivity contribution < 1.29 is 14.0 Å². The van der Waals surface area contributed by atoms with Gasteiger partial charge in [0.05, 0.1) is 18.0 Å². The average Bonchev–Trinajstić information content (AvgIpc) is 2.39. The summed E-state index contributed by atoms with van der Waals surface area (Å²) < 4.78 is 13.5. The van der Waals surface area contributed by atoms with E-state index in [0.29, 0.717) is 6.54 Å². The lowest BCUT2D eigenvalue weighted by atomic mass is 9.97. The number of piperidine rings is 1. The van der Waals surface area contributed by atoms with Gasteiger partial charge < -0.3 is 5.73 Å². The topological polar surface area (TPSA) is 63.4 Å². The van der Waals surface area contributed by atoms with Crippen LogP contribution in [0.1, 0.15) is 23.2 Å². The molecule has 1 fully saturated rings. The zero-order valence-electron chi connectivity index (χ0n) is 10.6. The molecule has 1 heterocycles. The van der Waals surface area contributed by atoms with Crippen molar-refractivity contribution >= 4 is 11.7 Å². The molecule has 1 unspecified atom stereocenters. The first-order valence-corrected chi connectivity index (χ1v) is 6.37. The standard InChI is InChI=1S/C14H17FN2O2/c15-12-6-2-1-5-11(12)13(18)9-17-7-3-4-10(8-17)14(16)19/h1-2,5-6,10H,3-4,7-9H2,(H2,16,19). The van der Waals surface area contributed by atoms with Gasteiger partial charge in [-0.05, 0) is 31.5 Å². The number of carbonyl (C=O) groups is 2. The van der Waals surface area contributed by atoms with Crippen LogP contribution in [-0.2, 0) is 4.79 Å². The minimum atomic E-state index is -0.504. The van der Waals surface area contributed by atoms with Crippen molar-refractivity contribution in [3.63, 3.8) is 0 Å². The molecule has 1 aliphatic rings. The number of likely N-dealkylation sites (tertiary alicyclic amines) is 1. The summed E-state index contributed by atoms with van der Waals surface area (Å²) in [6.07, 6.45) is 1.60. The van der Waals surface area contributed by atoms with E-state index in [0.717, 1.165) is 19.4 Å². The van der Waals surface area contributed by atoms with Gasteiger partial charge in [-0.3, -0.25) is 14.5 Å². The Labute approximate surface area is 111 Å². The predicted molar refractivity (Wildman–Crippen MR) is 69.1 cm³/mol. The van der Waals surface area contributed by atoms with Gasteiger partial charge in [-0.25, -0.2) is 4.39 Å². The predicted octanol–water partition coefficient (Wildman–Crippen LogP) is 1.21. The number of Topliss-reactive ketones (excluding diaryl/α,β-unsaturated/α-hetero) is 1. The summed E-state index contributed by atoms with van der Waals surface area (Å²) in [6, 6.07) is 5.94. The monoisotopic (exact) mass is 264 g/mol. The second-order valence-corrected chi connectivity index (χ2v) is 4.88. The Morgan fingerprint density at radius 2 is 2.11 bits per heavy atom. The molecule has 2 rings (SSSR count). The van der Waals surface area contributed by atoms with Gasteiger partial charge in [0.25, 0.3) is 0 Å². The van der Waals surface area contributed by atoms with Crippen LogP contribution >= 0.6 is 0 Å². The Bertz CT molecular complexity index is 490. The number of hydrogen-bond donors (Lipinski definition) is 1. The van der Waals surface area contributed by atoms with Crippen LogP contribution in [0.25, 0.3) is 0 Å². The highest BCUT2D eigenvalue weighted by Gasteiger charge is 2.25. The number of nitrogens with zero attached hydrogens (tertiary/aromatic N) is 1. The molecule has 102 valence electrons. The summed E-state index contributed by atoms with van der Waals surface area (Å²) in [6.45, 7) is 1.35. The molecule has 0 spiro atoms. The Hall–Kier alpha value is -1.75. The van der Waals surface area contributed by atoms with Crippen LogP contribution in [0.3, 0.4) is 0 Å². The summed E-state index contributed by atoms with van der Waals surface area (Å²) in [5.41, 5.74) is 5.39. The van der Waals surface area contributed by atoms with Crippen molar-refractivity contribution in [2.45, 2.75) is 12.8 Å². The van der Waals surface area contributed by atoms with E-state index in [2.05, 4.69) is 0 Å². The van der Waals surface area contributed by atoms with E-state index >= 15 is 0 Å². The molecule has 0 bridgehead atoms. The van der Waals surface area contributed by atoms with Crippen LogP contribution < -0.4 is 5.73 Å². The first-order valence-electron chi connectivity index (χ1n) is 6.37. The van der Waals surface area contributed by atoms with Crippen LogP contribution in [0, 0.1) is 11.7 Å². The molecule has 1 saturated heterocycles. The van der Waals surface area contributed by atoms with Gasteiger partial charge in [-0.2, -0.15) is 0 Å². The van der Waals surface area contributed by atoms with E-state index in [1.54, 1.807) is 12.1 Å². The van der Waals surface area contributed by atoms with Gasteiger partial charge in [0, 0.05) is 6.54 Å². The maximum atomic E-state index is 13.5. The first-order chi connectivity index (χ1) is 9.08. The van der Waals surface area contributed by atoms with E-state index in [-0.39, 0.29) is 29.7 Å². The van der Waals surface area contributed by atoms with Crippen molar-refractivity contribution in [1.82, 2.24) is 4.90 Å². The Balaban J connectivity index is 1.99. The largest absolute Gasteiger partial charge is 0.369 e. The number of carbonyl (C=O) groups excluding carboxylic acids is 2. The number of primary amides is 1. The molecule has 0 aromatic heterocycles. The highest BCUT2D eigenvalue weighted by atomic mass is 19.1. The molecule has 1 atom stereocenters. The van der Waals surface area contributed by atoms with Gasteiger partial charge in [0.1, 0.15) is 5.82 Å². The molecule has 1 aliphatic heterocycles. The lowest BCUT2D eigenvalue weighted by Crippen LogP contribution is -2.43. The summed E-state index contributed by atoms with van der Waals surface area (Å²) in [7, 11) is 0. The highest BCUT2D eigenvalue weighted by molar-refractivity contribution is 5.97. The van der Waals surface area contributed by atoms with Crippen LogP contribution in [0.15, 0.2) is 24.3 Å². The summed E-state index contributed by atoms with van der Waals surface area (Å²) in [4.78, 5) is 25.0. The number of amides is 1. The third-order valence-corrected chi connectivity index (χ3v) is 3.45. The average molecular weight is 264 g/mol. The minimum absolute atomic E-state index is 0.101. The van der Waals surface area contributed by atoms with Crippen molar-refractivity contribution in [3.05, 3.63) is 35.6 Å². The molecule has 2 N–H and O–H groups in total. The quantitative estimate of drug-likeness (QED) is 0.831. The maximum Gasteiger partial charge on any atom is 0.221 e. The number of ketones is 1. The fourth-order valence-electron chi connectivity index (χ4n) is 2.41. The van der Waals surface area contributed by atoms with E-state index in [1.807, 2.05) is 4.90 Å². The third kappa shape index (κ3) is 3.38. The van der Waals surface area contributed by atoms with Crippen LogP contribution in [0.5, 0.6) is 0 Å². The van der Waals surface area contributed by atoms with Crippen LogP contribution in [-0.4, -0.2) is 36.2 Å². The highest BCUT2D eigenvalue weighted by Crippen LogP contribution is 2.17. The number of halogens is 1. The summed E-state index contributed by atoms with van der Waals surface area (Å²) >= 11 is 0. The molecule has 5 heteroatoms. The normalized spacial score (nSPS) is 20.2. The van der Waals surface area contributed by atoms with Gasteiger partial charge in [-0.1, -0.05) is 12.1 Å². The van der Waals surface area contributed by atoms with Crippen molar-refractivity contribution in [2.75, 3.05) is 19.6 Å². The first kappa shape index (κ1) is 13.7. The van der Waals surface area contributed by atoms with Crippen molar-refractivity contribution in [2.24, 2.45) is 11.7 Å². The Kier molecular flexibility index (Phi) is 4.27. The molecule has 19 heavy (non-hydrogen) atoms. The molecule has 4 nitrogen and oxygen atoms in total. The zero-order chi connectivity index (χ0) is 13.8. The molecule has 1 aromatic rings. The number of rotatable bonds is 4. The molecule has 0 aliphatic carbocycles. The van der Waals surface area contributed by atoms with Crippen LogP contribution in [0.4, 0.5) is 4.39 Å². The molecular formula is C14H17FN2O2. The SMILES string of the molecule is NC(=O)C1CCCN(CC(=O)c2ccccc2F)C1. The lowest BCUT2D eigenvalue weighted by molar-refractivity contribution is -0.123. The van der Waals surface area contributed by atoms with Gasteiger partial charge >= 0.3 is 0 Å². The fraction of sp³-hybridized carbons (Fsp3) is 0.429. The summed E-state index contributed by atoms with van der Waals surface area (Å²) in [5, 5.41) is 0. The van der Waals surface area contributed by atoms with Crippen molar-refractivity contribution in [3.8, 4) is 0 Å². The molecule has 1 aromatic carbocycles. The van der Waals surface area contributed by atoms with E-state index in [1.165, 1.54) is 12.1 Å². The Morgan fingerprint density at radius 1 is 1.37 bits per heavy atom. The number of nitrogens with two attached hydrogens (primary N) is 1. The second-order valence-electron chi connectivity index (χ2n) is 4.88. The molecule has 0 saturated carbocycles. The van der Waals surface area contributed by atoms with Gasteiger partial charge in [0.15, 0.2) is 5.78 Å². The fourth-order valence-corrected chi connectivity index (χ4v) is 2.41. The summed E-state index contributed by atoms with van der Waals surface area (Å²) in [5.74, 6) is -1.30. The number of hydrogen-bond acceptors (Lipinski definition) is 3. The lowest BCUT2D eigenvalue weighted by Gasteiger charge is -2.30. The van der Waals surface area contributed by atoms with Gasteiger partial charge in [0.2, 0.25) is 5.91 Å².